The smallest absolute Gasteiger partial charge is 0.253 e. The number of nitrogens with one attached hydrogen (secondary N) is 2. The summed E-state index contributed by atoms with van der Waals surface area (Å²) in [7, 11) is 0. The van der Waals surface area contributed by atoms with E-state index in [1.54, 1.807) is 6.08 Å². The van der Waals surface area contributed by atoms with Crippen molar-refractivity contribution in [2.24, 2.45) is 0 Å². The summed E-state index contributed by atoms with van der Waals surface area (Å²) in [6, 6.07) is 19.4. The van der Waals surface area contributed by atoms with Crippen LogP contribution in [0, 0.1) is 13.8 Å². The van der Waals surface area contributed by atoms with Crippen LogP contribution in [0.2, 0.25) is 0 Å². The summed E-state index contributed by atoms with van der Waals surface area (Å²) >= 11 is 0. The number of carbonyl (C=O) groups excluding carboxylic acids is 1. The van der Waals surface area contributed by atoms with Gasteiger partial charge in [0, 0.05) is 23.9 Å². The fraction of sp³-hybridized carbons (Fsp3) is 0.167. The van der Waals surface area contributed by atoms with Gasteiger partial charge in [0.25, 0.3) is 5.56 Å². The number of aromatic amines is 1. The number of rotatable bonds is 7. The number of aromatic nitrogens is 1. The van der Waals surface area contributed by atoms with E-state index in [1.807, 2.05) is 74.5 Å². The number of hydrogen-bond acceptors (Lipinski definition) is 3. The number of H-pyrrole nitrogens is 1. The summed E-state index contributed by atoms with van der Waals surface area (Å²) in [6.45, 7) is 4.39. The molecule has 1 amide bonds. The molecule has 1 heterocycles. The number of pyridine rings is 1. The molecule has 1 aromatic heterocycles. The minimum atomic E-state index is -0.256. The van der Waals surface area contributed by atoms with E-state index in [4.69, 9.17) is 4.74 Å². The van der Waals surface area contributed by atoms with E-state index in [1.165, 1.54) is 6.08 Å². The average Bonchev–Trinajstić information content (AvgIpc) is 2.71. The lowest BCUT2D eigenvalue weighted by Gasteiger charge is -2.07. The maximum Gasteiger partial charge on any atom is 0.253 e. The van der Waals surface area contributed by atoms with Gasteiger partial charge in [-0.25, -0.2) is 0 Å². The van der Waals surface area contributed by atoms with E-state index in [0.717, 1.165) is 28.1 Å². The Labute approximate surface area is 170 Å². The highest BCUT2D eigenvalue weighted by Crippen LogP contribution is 2.15. The van der Waals surface area contributed by atoms with Crippen molar-refractivity contribution in [3.8, 4) is 5.75 Å². The molecule has 3 rings (SSSR count). The van der Waals surface area contributed by atoms with Crippen LogP contribution in [0.15, 0.2) is 71.5 Å². The van der Waals surface area contributed by atoms with Crippen LogP contribution in [0.3, 0.4) is 0 Å². The molecule has 0 radical (unpaired) electrons. The molecule has 2 aromatic carbocycles. The molecule has 3 aromatic rings. The molecule has 0 aliphatic carbocycles. The predicted molar refractivity (Wildman–Crippen MR) is 115 cm³/mol. The lowest BCUT2D eigenvalue weighted by Crippen LogP contribution is -2.26. The Bertz CT molecular complexity index is 1050. The summed E-state index contributed by atoms with van der Waals surface area (Å²) < 4.78 is 5.76. The van der Waals surface area contributed by atoms with Crippen LogP contribution in [0.5, 0.6) is 5.75 Å². The number of hydrogen-bond donors (Lipinski definition) is 2. The molecule has 5 nitrogen and oxygen atoms in total. The zero-order chi connectivity index (χ0) is 20.6. The number of carbonyl (C=O) groups is 1. The van der Waals surface area contributed by atoms with Crippen molar-refractivity contribution in [2.45, 2.75) is 27.0 Å². The average molecular weight is 388 g/mol. The molecular formula is C24H24N2O3. The van der Waals surface area contributed by atoms with Crippen LogP contribution < -0.4 is 15.6 Å². The third kappa shape index (κ3) is 5.94. The molecule has 29 heavy (non-hydrogen) atoms. The molecule has 0 spiro atoms. The predicted octanol–water partition coefficient (Wildman–Crippen LogP) is 3.90. The maximum atomic E-state index is 12.1. The summed E-state index contributed by atoms with van der Waals surface area (Å²) in [5.41, 5.74) is 4.06. The summed E-state index contributed by atoms with van der Waals surface area (Å²) in [4.78, 5) is 26.8. The van der Waals surface area contributed by atoms with Crippen LogP contribution in [0.4, 0.5) is 0 Å². The van der Waals surface area contributed by atoms with Crippen LogP contribution in [-0.4, -0.2) is 10.9 Å². The number of ether oxygens (including phenoxy) is 1. The van der Waals surface area contributed by atoms with Crippen LogP contribution in [-0.2, 0) is 17.9 Å². The van der Waals surface area contributed by atoms with Gasteiger partial charge in [-0.1, -0.05) is 42.5 Å². The van der Waals surface area contributed by atoms with E-state index in [-0.39, 0.29) is 18.0 Å². The van der Waals surface area contributed by atoms with Crippen molar-refractivity contribution in [3.05, 3.63) is 105 Å². The molecule has 0 saturated carbocycles. The van der Waals surface area contributed by atoms with Gasteiger partial charge < -0.3 is 15.0 Å². The van der Waals surface area contributed by atoms with Gasteiger partial charge in [-0.3, -0.25) is 9.59 Å². The second-order valence-electron chi connectivity index (χ2n) is 6.84. The second-order valence-corrected chi connectivity index (χ2v) is 6.84. The summed E-state index contributed by atoms with van der Waals surface area (Å²) in [6.07, 6.45) is 3.18. The van der Waals surface area contributed by atoms with E-state index in [0.29, 0.717) is 12.2 Å². The Morgan fingerprint density at radius 3 is 2.48 bits per heavy atom. The first-order valence-electron chi connectivity index (χ1n) is 9.43. The molecule has 0 aliphatic rings. The summed E-state index contributed by atoms with van der Waals surface area (Å²) in [5.74, 6) is 0.512. The summed E-state index contributed by atoms with van der Waals surface area (Å²) in [5, 5.41) is 2.75. The molecule has 0 bridgehead atoms. The van der Waals surface area contributed by atoms with Gasteiger partial charge in [-0.05, 0) is 54.8 Å². The molecule has 2 N–H and O–H groups in total. The third-order valence-electron chi connectivity index (χ3n) is 4.49. The van der Waals surface area contributed by atoms with Crippen molar-refractivity contribution in [2.75, 3.05) is 0 Å². The van der Waals surface area contributed by atoms with Gasteiger partial charge in [0.2, 0.25) is 5.91 Å². The number of benzene rings is 2. The zero-order valence-corrected chi connectivity index (χ0v) is 16.6. The first kappa shape index (κ1) is 20.1. The van der Waals surface area contributed by atoms with E-state index < -0.39 is 0 Å². The molecule has 5 heteroatoms. The highest BCUT2D eigenvalue weighted by Gasteiger charge is 2.06. The monoisotopic (exact) mass is 388 g/mol. The van der Waals surface area contributed by atoms with E-state index >= 15 is 0 Å². The number of aryl methyl sites for hydroxylation is 2. The van der Waals surface area contributed by atoms with Gasteiger partial charge in [0.05, 0.1) is 0 Å². The highest BCUT2D eigenvalue weighted by atomic mass is 16.5. The quantitative estimate of drug-likeness (QED) is 0.603. The lowest BCUT2D eigenvalue weighted by atomic mass is 10.1. The topological polar surface area (TPSA) is 71.2 Å². The normalized spacial score (nSPS) is 10.8. The third-order valence-corrected chi connectivity index (χ3v) is 4.49. The standard InChI is InChI=1S/C24H24N2O3/c1-17-14-18(2)26-24(28)22(17)15-25-23(27)13-10-19-8-11-21(12-9-19)29-16-20-6-4-3-5-7-20/h3-14H,15-16H2,1-2H3,(H,25,27)(H,26,28)/b13-10+. The maximum absolute atomic E-state index is 12.1. The van der Waals surface area contributed by atoms with Crippen molar-refractivity contribution in [3.63, 3.8) is 0 Å². The SMILES string of the molecule is Cc1cc(C)c(CNC(=O)/C=C/c2ccc(OCc3ccccc3)cc2)c(=O)[nH]1. The van der Waals surface area contributed by atoms with Crippen molar-refractivity contribution in [1.82, 2.24) is 10.3 Å². The van der Waals surface area contributed by atoms with Gasteiger partial charge in [0.15, 0.2) is 0 Å². The second kappa shape index (κ2) is 9.55. The van der Waals surface area contributed by atoms with Gasteiger partial charge in [0.1, 0.15) is 12.4 Å². The van der Waals surface area contributed by atoms with E-state index in [2.05, 4.69) is 10.3 Å². The Hall–Kier alpha value is -3.60. The lowest BCUT2D eigenvalue weighted by molar-refractivity contribution is -0.116. The van der Waals surface area contributed by atoms with Crippen LogP contribution in [0.1, 0.15) is 27.9 Å². The van der Waals surface area contributed by atoms with E-state index in [9.17, 15) is 9.59 Å². The number of amides is 1. The molecule has 148 valence electrons. The zero-order valence-electron chi connectivity index (χ0n) is 16.6. The fourth-order valence-corrected chi connectivity index (χ4v) is 2.92. The first-order valence-corrected chi connectivity index (χ1v) is 9.43. The van der Waals surface area contributed by atoms with Crippen molar-refractivity contribution >= 4 is 12.0 Å². The Balaban J connectivity index is 1.52. The molecule has 0 aliphatic heterocycles. The molecule has 0 fully saturated rings. The van der Waals surface area contributed by atoms with Gasteiger partial charge in [-0.2, -0.15) is 0 Å². The highest BCUT2D eigenvalue weighted by molar-refractivity contribution is 5.91. The van der Waals surface area contributed by atoms with Crippen molar-refractivity contribution < 1.29 is 9.53 Å². The minimum absolute atomic E-state index is 0.169. The molecular weight excluding hydrogens is 364 g/mol. The Morgan fingerprint density at radius 1 is 1.07 bits per heavy atom. The van der Waals surface area contributed by atoms with Crippen molar-refractivity contribution in [1.29, 1.82) is 0 Å². The van der Waals surface area contributed by atoms with Crippen LogP contribution in [0.25, 0.3) is 6.08 Å². The molecule has 0 saturated heterocycles. The van der Waals surface area contributed by atoms with Crippen LogP contribution >= 0.6 is 0 Å². The molecule has 0 unspecified atom stereocenters. The largest absolute Gasteiger partial charge is 0.489 e. The minimum Gasteiger partial charge on any atom is -0.489 e. The first-order chi connectivity index (χ1) is 14.0. The Kier molecular flexibility index (Phi) is 6.63. The molecule has 0 atom stereocenters. The Morgan fingerprint density at radius 2 is 1.79 bits per heavy atom. The van der Waals surface area contributed by atoms with Gasteiger partial charge in [-0.15, -0.1) is 0 Å². The fourth-order valence-electron chi connectivity index (χ4n) is 2.92. The van der Waals surface area contributed by atoms with Gasteiger partial charge >= 0.3 is 0 Å².